The molecule has 0 spiro atoms. The molecule has 29 heavy (non-hydrogen) atoms. The number of rotatable bonds is 10. The zero-order chi connectivity index (χ0) is 21.8. The molecule has 2 atom stereocenters. The van der Waals surface area contributed by atoms with Gasteiger partial charge >= 0.3 is 0 Å². The summed E-state index contributed by atoms with van der Waals surface area (Å²) >= 11 is 0. The van der Waals surface area contributed by atoms with Gasteiger partial charge in [0.15, 0.2) is 11.6 Å². The van der Waals surface area contributed by atoms with Gasteiger partial charge in [-0.1, -0.05) is 6.92 Å². The summed E-state index contributed by atoms with van der Waals surface area (Å²) in [4.78, 5) is 16.0. The Kier molecular flexibility index (Phi) is 6.81. The number of aliphatic imine (C=N–C) groups is 1. The lowest BCUT2D eigenvalue weighted by Gasteiger charge is -2.37. The molecule has 160 valence electrons. The summed E-state index contributed by atoms with van der Waals surface area (Å²) in [6, 6.07) is 2.17. The Labute approximate surface area is 167 Å². The first-order chi connectivity index (χ1) is 13.6. The molecule has 2 rings (SSSR count). The quantitative estimate of drug-likeness (QED) is 0.532. The highest BCUT2D eigenvalue weighted by Crippen LogP contribution is 2.38. The number of primary amides is 1. The molecule has 10 heteroatoms. The second kappa shape index (κ2) is 8.75. The van der Waals surface area contributed by atoms with Gasteiger partial charge in [-0.3, -0.25) is 10.1 Å². The molecule has 1 heterocycles. The average molecular weight is 412 g/mol. The van der Waals surface area contributed by atoms with Crippen LogP contribution in [0.1, 0.15) is 20.3 Å². The zero-order valence-corrected chi connectivity index (χ0v) is 16.8. The van der Waals surface area contributed by atoms with Crippen LogP contribution in [0.25, 0.3) is 0 Å². The first kappa shape index (κ1) is 22.6. The minimum atomic E-state index is -1.49. The molecule has 0 fully saturated rings. The maximum atomic E-state index is 14.6. The van der Waals surface area contributed by atoms with Crippen LogP contribution in [0.2, 0.25) is 0 Å². The van der Waals surface area contributed by atoms with Crippen molar-refractivity contribution in [2.24, 2.45) is 16.5 Å². The Hall–Kier alpha value is -2.72. The number of nitrogens with zero attached hydrogens (tertiary/aromatic N) is 1. The molecule has 1 aliphatic rings. The van der Waals surface area contributed by atoms with Crippen LogP contribution in [0.15, 0.2) is 28.9 Å². The number of hydrogen-bond acceptors (Lipinski definition) is 7. The van der Waals surface area contributed by atoms with Gasteiger partial charge in [0.05, 0.1) is 13.7 Å². The van der Waals surface area contributed by atoms with Crippen molar-refractivity contribution in [3.8, 4) is 11.5 Å². The zero-order valence-electron chi connectivity index (χ0n) is 16.8. The molecular formula is C19H26F2N4O4. The van der Waals surface area contributed by atoms with Gasteiger partial charge in [0.1, 0.15) is 11.4 Å². The third-order valence-corrected chi connectivity index (χ3v) is 4.89. The molecular weight excluding hydrogens is 386 g/mol. The van der Waals surface area contributed by atoms with Gasteiger partial charge in [0.2, 0.25) is 23.1 Å². The third-order valence-electron chi connectivity index (χ3n) is 4.89. The second-order valence-corrected chi connectivity index (χ2v) is 6.83. The normalized spacial score (nSPS) is 20.6. The Morgan fingerprint density at radius 3 is 2.59 bits per heavy atom. The van der Waals surface area contributed by atoms with E-state index in [9.17, 15) is 13.6 Å². The van der Waals surface area contributed by atoms with Gasteiger partial charge in [-0.05, 0) is 25.5 Å². The molecule has 0 saturated carbocycles. The largest absolute Gasteiger partial charge is 0.493 e. The summed E-state index contributed by atoms with van der Waals surface area (Å²) in [7, 11) is 2.72. The second-order valence-electron chi connectivity index (χ2n) is 6.83. The average Bonchev–Trinajstić information content (AvgIpc) is 3.00. The minimum Gasteiger partial charge on any atom is -0.493 e. The smallest absolute Gasteiger partial charge is 0.239 e. The van der Waals surface area contributed by atoms with E-state index in [1.54, 1.807) is 6.92 Å². The van der Waals surface area contributed by atoms with Crippen LogP contribution in [-0.2, 0) is 9.53 Å². The molecule has 5 N–H and O–H groups in total. The van der Waals surface area contributed by atoms with Gasteiger partial charge < -0.3 is 25.7 Å². The number of nitrogens with one attached hydrogen (secondary N) is 1. The lowest BCUT2D eigenvalue weighted by molar-refractivity contribution is -0.126. The fraction of sp³-hybridized carbons (Fsp3) is 0.474. The highest BCUT2D eigenvalue weighted by molar-refractivity contribution is 5.96. The molecule has 0 saturated heterocycles. The number of carbonyl (C=O) groups excluding carboxylic acids is 1. The molecule has 1 aliphatic heterocycles. The topological polar surface area (TPSA) is 121 Å². The van der Waals surface area contributed by atoms with Crippen LogP contribution in [0.4, 0.5) is 8.78 Å². The molecule has 0 radical (unpaired) electrons. The van der Waals surface area contributed by atoms with Crippen LogP contribution in [-0.4, -0.2) is 50.3 Å². The number of carbonyl (C=O) groups is 1. The van der Waals surface area contributed by atoms with Crippen LogP contribution in [0.3, 0.4) is 0 Å². The maximum Gasteiger partial charge on any atom is 0.239 e. The minimum absolute atomic E-state index is 0.0109. The summed E-state index contributed by atoms with van der Waals surface area (Å²) in [5.74, 6) is -3.47. The molecule has 0 aromatic heterocycles. The number of benzene rings is 1. The highest BCUT2D eigenvalue weighted by Gasteiger charge is 2.47. The van der Waals surface area contributed by atoms with Crippen molar-refractivity contribution in [3.63, 3.8) is 0 Å². The van der Waals surface area contributed by atoms with Crippen LogP contribution in [0.5, 0.6) is 11.5 Å². The van der Waals surface area contributed by atoms with E-state index in [-0.39, 0.29) is 24.7 Å². The number of amides is 1. The summed E-state index contributed by atoms with van der Waals surface area (Å²) in [6.07, 6.45) is 1.95. The van der Waals surface area contributed by atoms with Crippen LogP contribution in [0, 0.1) is 11.6 Å². The number of halogens is 2. The van der Waals surface area contributed by atoms with Crippen LogP contribution >= 0.6 is 0 Å². The summed E-state index contributed by atoms with van der Waals surface area (Å²) in [6.45, 7) is 3.25. The van der Waals surface area contributed by atoms with Crippen molar-refractivity contribution in [1.82, 2.24) is 5.32 Å². The van der Waals surface area contributed by atoms with Gasteiger partial charge in [-0.15, -0.1) is 0 Å². The Morgan fingerprint density at radius 1 is 1.34 bits per heavy atom. The number of methoxy groups -OCH3 is 2. The fourth-order valence-corrected chi connectivity index (χ4v) is 3.02. The van der Waals surface area contributed by atoms with Gasteiger partial charge in [-0.25, -0.2) is 9.38 Å². The van der Waals surface area contributed by atoms with E-state index < -0.39 is 34.4 Å². The van der Waals surface area contributed by atoms with E-state index >= 15 is 0 Å². The number of hydrogen-bond donors (Lipinski definition) is 3. The Morgan fingerprint density at radius 2 is 2.03 bits per heavy atom. The van der Waals surface area contributed by atoms with Crippen molar-refractivity contribution in [3.05, 3.63) is 35.5 Å². The monoisotopic (exact) mass is 412 g/mol. The number of amidine groups is 1. The van der Waals surface area contributed by atoms with E-state index in [4.69, 9.17) is 25.7 Å². The SMILES string of the molecule is CCC1=CN=C(N)C1(CN[C@@](C)(COC)C(N)=O)Oc1c(OC)ccc(F)c1F. The predicted molar refractivity (Wildman–Crippen MR) is 104 cm³/mol. The van der Waals surface area contributed by atoms with Crippen LogP contribution < -0.4 is 26.3 Å². The van der Waals surface area contributed by atoms with E-state index in [0.29, 0.717) is 12.0 Å². The molecule has 1 amide bonds. The van der Waals surface area contributed by atoms with Crippen molar-refractivity contribution < 1.29 is 27.8 Å². The molecule has 1 unspecified atom stereocenters. The van der Waals surface area contributed by atoms with E-state index in [0.717, 1.165) is 6.07 Å². The van der Waals surface area contributed by atoms with Gasteiger partial charge in [0.25, 0.3) is 0 Å². The van der Waals surface area contributed by atoms with Gasteiger partial charge in [0, 0.05) is 25.4 Å². The van der Waals surface area contributed by atoms with Crippen molar-refractivity contribution in [1.29, 1.82) is 0 Å². The molecule has 0 bridgehead atoms. The number of ether oxygens (including phenoxy) is 3. The fourth-order valence-electron chi connectivity index (χ4n) is 3.02. The lowest BCUT2D eigenvalue weighted by Crippen LogP contribution is -2.63. The third kappa shape index (κ3) is 4.18. The van der Waals surface area contributed by atoms with Crippen molar-refractivity contribution in [2.75, 3.05) is 27.4 Å². The molecule has 1 aromatic carbocycles. The number of nitrogens with two attached hydrogens (primary N) is 2. The Balaban J connectivity index is 2.50. The summed E-state index contributed by atoms with van der Waals surface area (Å²) < 4.78 is 44.6. The van der Waals surface area contributed by atoms with E-state index in [1.165, 1.54) is 26.5 Å². The molecule has 0 aliphatic carbocycles. The summed E-state index contributed by atoms with van der Waals surface area (Å²) in [5, 5.41) is 2.98. The molecule has 1 aromatic rings. The van der Waals surface area contributed by atoms with Crippen molar-refractivity contribution in [2.45, 2.75) is 31.4 Å². The van der Waals surface area contributed by atoms with Gasteiger partial charge in [-0.2, -0.15) is 4.39 Å². The molecule has 8 nitrogen and oxygen atoms in total. The van der Waals surface area contributed by atoms with E-state index in [1.807, 2.05) is 6.92 Å². The standard InChI is InChI=1S/C19H26F2N4O4/c1-5-11-8-24-16(22)19(11,9-25-18(2,10-27-3)17(23)26)29-15-13(28-4)7-6-12(20)14(15)21/h6-8,25H,5,9-10H2,1-4H3,(H2,22,24)(H2,23,26)/t18-,19?/m0/s1. The maximum absolute atomic E-state index is 14.6. The van der Waals surface area contributed by atoms with E-state index in [2.05, 4.69) is 10.3 Å². The first-order valence-electron chi connectivity index (χ1n) is 8.93. The summed E-state index contributed by atoms with van der Waals surface area (Å²) in [5.41, 5.74) is 9.46. The Bertz CT molecular complexity index is 846. The van der Waals surface area contributed by atoms with Crippen molar-refractivity contribution >= 4 is 11.7 Å². The predicted octanol–water partition coefficient (Wildman–Crippen LogP) is 1.24. The highest BCUT2D eigenvalue weighted by atomic mass is 19.2. The first-order valence-corrected chi connectivity index (χ1v) is 8.93. The lowest BCUT2D eigenvalue weighted by atomic mass is 9.90.